The number of aryl methyl sites for hydroxylation is 1. The van der Waals surface area contributed by atoms with Crippen molar-refractivity contribution in [1.82, 2.24) is 9.55 Å². The fourth-order valence-electron chi connectivity index (χ4n) is 1.72. The Morgan fingerprint density at radius 1 is 1.44 bits per heavy atom. The number of anilines is 1. The Morgan fingerprint density at radius 3 is 2.75 bits per heavy atom. The maximum Gasteiger partial charge on any atom is 0.131 e. The van der Waals surface area contributed by atoms with Gasteiger partial charge in [0.05, 0.1) is 0 Å². The Bertz CT molecular complexity index is 517. The van der Waals surface area contributed by atoms with E-state index in [0.717, 1.165) is 12.2 Å². The standard InChI is InChI=1S/C12H14FN3/c1-3-10-15-11(12(14)16(10)2)8-5-4-6-9(13)7-8/h4-7H,3,14H2,1-2H3. The normalized spacial score (nSPS) is 10.7. The maximum atomic E-state index is 13.1. The van der Waals surface area contributed by atoms with E-state index in [1.807, 2.05) is 18.5 Å². The number of nitrogens with zero attached hydrogens (tertiary/aromatic N) is 2. The van der Waals surface area contributed by atoms with Crippen molar-refractivity contribution in [3.8, 4) is 11.3 Å². The summed E-state index contributed by atoms with van der Waals surface area (Å²) >= 11 is 0. The molecule has 0 aliphatic rings. The molecule has 0 saturated heterocycles. The van der Waals surface area contributed by atoms with E-state index in [0.29, 0.717) is 17.1 Å². The molecule has 0 amide bonds. The van der Waals surface area contributed by atoms with E-state index in [1.165, 1.54) is 12.1 Å². The highest BCUT2D eigenvalue weighted by Gasteiger charge is 2.12. The van der Waals surface area contributed by atoms with Crippen molar-refractivity contribution in [3.63, 3.8) is 0 Å². The topological polar surface area (TPSA) is 43.8 Å². The highest BCUT2D eigenvalue weighted by molar-refractivity contribution is 5.70. The van der Waals surface area contributed by atoms with E-state index in [9.17, 15) is 4.39 Å². The van der Waals surface area contributed by atoms with Gasteiger partial charge in [-0.25, -0.2) is 9.37 Å². The number of nitrogen functional groups attached to an aromatic ring is 1. The number of nitrogens with two attached hydrogens (primary N) is 1. The van der Waals surface area contributed by atoms with Gasteiger partial charge >= 0.3 is 0 Å². The summed E-state index contributed by atoms with van der Waals surface area (Å²) in [4.78, 5) is 4.41. The second-order valence-corrected chi connectivity index (χ2v) is 3.68. The van der Waals surface area contributed by atoms with Crippen LogP contribution in [-0.2, 0) is 13.5 Å². The van der Waals surface area contributed by atoms with Gasteiger partial charge < -0.3 is 10.3 Å². The summed E-state index contributed by atoms with van der Waals surface area (Å²) < 4.78 is 14.9. The van der Waals surface area contributed by atoms with Gasteiger partial charge in [0.2, 0.25) is 0 Å². The summed E-state index contributed by atoms with van der Waals surface area (Å²) in [5.41, 5.74) is 7.31. The molecule has 16 heavy (non-hydrogen) atoms. The Labute approximate surface area is 93.7 Å². The van der Waals surface area contributed by atoms with Crippen LogP contribution in [0.25, 0.3) is 11.3 Å². The summed E-state index contributed by atoms with van der Waals surface area (Å²) in [6.07, 6.45) is 0.802. The van der Waals surface area contributed by atoms with Gasteiger partial charge in [0.15, 0.2) is 0 Å². The molecule has 2 N–H and O–H groups in total. The molecule has 2 rings (SSSR count). The lowest BCUT2D eigenvalue weighted by atomic mass is 10.1. The van der Waals surface area contributed by atoms with Crippen LogP contribution in [0, 0.1) is 5.82 Å². The van der Waals surface area contributed by atoms with Crippen molar-refractivity contribution in [3.05, 3.63) is 35.9 Å². The third kappa shape index (κ3) is 1.66. The smallest absolute Gasteiger partial charge is 0.131 e. The van der Waals surface area contributed by atoms with Crippen LogP contribution in [0.4, 0.5) is 10.2 Å². The van der Waals surface area contributed by atoms with Crippen molar-refractivity contribution in [2.75, 3.05) is 5.73 Å². The Morgan fingerprint density at radius 2 is 2.19 bits per heavy atom. The van der Waals surface area contributed by atoms with Gasteiger partial charge in [-0.15, -0.1) is 0 Å². The molecule has 0 fully saturated rings. The van der Waals surface area contributed by atoms with Crippen LogP contribution < -0.4 is 5.73 Å². The average Bonchev–Trinajstić information content (AvgIpc) is 2.56. The van der Waals surface area contributed by atoms with Crippen LogP contribution in [0.5, 0.6) is 0 Å². The molecule has 1 aromatic carbocycles. The minimum Gasteiger partial charge on any atom is -0.383 e. The number of halogens is 1. The molecule has 0 aliphatic carbocycles. The number of benzene rings is 1. The van der Waals surface area contributed by atoms with Crippen molar-refractivity contribution in [2.24, 2.45) is 7.05 Å². The molecule has 3 nitrogen and oxygen atoms in total. The van der Waals surface area contributed by atoms with Gasteiger partial charge in [-0.3, -0.25) is 0 Å². The number of hydrogen-bond donors (Lipinski definition) is 1. The maximum absolute atomic E-state index is 13.1. The third-order valence-corrected chi connectivity index (χ3v) is 2.65. The molecule has 1 heterocycles. The van der Waals surface area contributed by atoms with E-state index < -0.39 is 0 Å². The number of imidazole rings is 1. The first-order valence-corrected chi connectivity index (χ1v) is 5.20. The van der Waals surface area contributed by atoms with E-state index in [1.54, 1.807) is 12.1 Å². The van der Waals surface area contributed by atoms with Crippen molar-refractivity contribution < 1.29 is 4.39 Å². The minimum atomic E-state index is -0.277. The molecule has 0 atom stereocenters. The molecule has 0 spiro atoms. The molecule has 0 radical (unpaired) electrons. The van der Waals surface area contributed by atoms with Crippen LogP contribution in [0.15, 0.2) is 24.3 Å². The van der Waals surface area contributed by atoms with Crippen LogP contribution in [0.3, 0.4) is 0 Å². The molecule has 2 aromatic rings. The lowest BCUT2D eigenvalue weighted by Gasteiger charge is -2.00. The first kappa shape index (κ1) is 10.7. The van der Waals surface area contributed by atoms with Gasteiger partial charge in [0.1, 0.15) is 23.2 Å². The second kappa shape index (κ2) is 3.96. The molecule has 0 saturated carbocycles. The summed E-state index contributed by atoms with van der Waals surface area (Å²) in [7, 11) is 1.87. The monoisotopic (exact) mass is 219 g/mol. The van der Waals surface area contributed by atoms with E-state index >= 15 is 0 Å². The Hall–Kier alpha value is -1.84. The molecule has 0 bridgehead atoms. The minimum absolute atomic E-state index is 0.277. The van der Waals surface area contributed by atoms with Crippen molar-refractivity contribution in [1.29, 1.82) is 0 Å². The lowest BCUT2D eigenvalue weighted by Crippen LogP contribution is -2.00. The zero-order chi connectivity index (χ0) is 11.7. The summed E-state index contributed by atoms with van der Waals surface area (Å²) in [5.74, 6) is 1.19. The fraction of sp³-hybridized carbons (Fsp3) is 0.250. The zero-order valence-electron chi connectivity index (χ0n) is 9.37. The van der Waals surface area contributed by atoms with E-state index in [2.05, 4.69) is 4.98 Å². The Kier molecular flexibility index (Phi) is 2.64. The van der Waals surface area contributed by atoms with Crippen molar-refractivity contribution in [2.45, 2.75) is 13.3 Å². The van der Waals surface area contributed by atoms with Crippen LogP contribution in [0.1, 0.15) is 12.7 Å². The average molecular weight is 219 g/mol. The predicted octanol–water partition coefficient (Wildman–Crippen LogP) is 2.37. The van der Waals surface area contributed by atoms with Crippen LogP contribution in [-0.4, -0.2) is 9.55 Å². The van der Waals surface area contributed by atoms with E-state index in [-0.39, 0.29) is 5.82 Å². The molecule has 4 heteroatoms. The van der Waals surface area contributed by atoms with Gasteiger partial charge in [-0.05, 0) is 12.1 Å². The van der Waals surface area contributed by atoms with Gasteiger partial charge in [-0.1, -0.05) is 19.1 Å². The molecule has 0 aliphatic heterocycles. The highest BCUT2D eigenvalue weighted by Crippen LogP contribution is 2.26. The van der Waals surface area contributed by atoms with Gasteiger partial charge in [-0.2, -0.15) is 0 Å². The summed E-state index contributed by atoms with van der Waals surface area (Å²) in [6.45, 7) is 2.01. The summed E-state index contributed by atoms with van der Waals surface area (Å²) in [5, 5.41) is 0. The molecular weight excluding hydrogens is 205 g/mol. The largest absolute Gasteiger partial charge is 0.383 e. The Balaban J connectivity index is 2.56. The van der Waals surface area contributed by atoms with Gasteiger partial charge in [0, 0.05) is 19.0 Å². The molecule has 1 aromatic heterocycles. The number of hydrogen-bond acceptors (Lipinski definition) is 2. The number of aromatic nitrogens is 2. The quantitative estimate of drug-likeness (QED) is 0.842. The van der Waals surface area contributed by atoms with Crippen LogP contribution >= 0.6 is 0 Å². The zero-order valence-corrected chi connectivity index (χ0v) is 9.37. The van der Waals surface area contributed by atoms with Crippen LogP contribution in [0.2, 0.25) is 0 Å². The lowest BCUT2D eigenvalue weighted by molar-refractivity contribution is 0.628. The van der Waals surface area contributed by atoms with Gasteiger partial charge in [0.25, 0.3) is 0 Å². The highest BCUT2D eigenvalue weighted by atomic mass is 19.1. The SMILES string of the molecule is CCc1nc(-c2cccc(F)c2)c(N)n1C. The first-order valence-electron chi connectivity index (χ1n) is 5.20. The second-order valence-electron chi connectivity index (χ2n) is 3.68. The number of rotatable bonds is 2. The molecule has 84 valence electrons. The first-order chi connectivity index (χ1) is 7.63. The molecular formula is C12H14FN3. The third-order valence-electron chi connectivity index (χ3n) is 2.65. The van der Waals surface area contributed by atoms with Crippen molar-refractivity contribution >= 4 is 5.82 Å². The summed E-state index contributed by atoms with van der Waals surface area (Å²) in [6, 6.07) is 6.31. The predicted molar refractivity (Wildman–Crippen MR) is 62.4 cm³/mol. The fourth-order valence-corrected chi connectivity index (χ4v) is 1.72. The van der Waals surface area contributed by atoms with E-state index in [4.69, 9.17) is 5.73 Å². The molecule has 0 unspecified atom stereocenters.